The first-order valence-electron chi connectivity index (χ1n) is 4.80. The fraction of sp³-hybridized carbons (Fsp3) is 0.167. The second-order valence-corrected chi connectivity index (χ2v) is 6.75. The van der Waals surface area contributed by atoms with E-state index in [9.17, 15) is 0 Å². The Labute approximate surface area is 90.8 Å². The lowest BCUT2D eigenvalue weighted by molar-refractivity contribution is 1.05. The minimum absolute atomic E-state index is 0.586. The Balaban J connectivity index is 2.17. The molecule has 14 heavy (non-hydrogen) atoms. The van der Waals surface area contributed by atoms with Crippen molar-refractivity contribution in [1.29, 1.82) is 0 Å². The van der Waals surface area contributed by atoms with Crippen LogP contribution >= 0.6 is 6.70 Å². The van der Waals surface area contributed by atoms with Gasteiger partial charge in [0.2, 0.25) is 0 Å². The van der Waals surface area contributed by atoms with Crippen molar-refractivity contribution in [3.8, 4) is 0 Å². The van der Waals surface area contributed by atoms with Crippen LogP contribution in [-0.2, 0) is 11.8 Å². The van der Waals surface area contributed by atoms with Crippen LogP contribution in [0, 0.1) is 0 Å². The molecule has 0 bridgehead atoms. The maximum absolute atomic E-state index is 5.64. The predicted molar refractivity (Wildman–Crippen MR) is 68.4 cm³/mol. The zero-order valence-electron chi connectivity index (χ0n) is 7.89. The van der Waals surface area contributed by atoms with E-state index in [-0.39, 0.29) is 0 Å². The second kappa shape index (κ2) is 4.72. The number of benzene rings is 1. The smallest absolute Gasteiger partial charge is 0.0111 e. The van der Waals surface area contributed by atoms with Gasteiger partial charge in [-0.25, -0.2) is 0 Å². The van der Waals surface area contributed by atoms with Gasteiger partial charge in [0.25, 0.3) is 0 Å². The zero-order chi connectivity index (χ0) is 9.80. The summed E-state index contributed by atoms with van der Waals surface area (Å²) in [6.45, 7) is -0.823. The Bertz CT molecular complexity index is 379. The van der Waals surface area contributed by atoms with E-state index in [2.05, 4.69) is 48.6 Å². The van der Waals surface area contributed by atoms with Gasteiger partial charge in [0, 0.05) is 5.66 Å². The standard InChI is InChI=1S/C12H13PS/c14-13(11-7-3-1-4-8-11)12-9-5-2-6-10-12/h1-9,12-13H,10H2. The van der Waals surface area contributed by atoms with E-state index in [1.165, 1.54) is 5.30 Å². The summed E-state index contributed by atoms with van der Waals surface area (Å²) in [6, 6.07) is 10.5. The molecule has 0 amide bonds. The highest BCUT2D eigenvalue weighted by Gasteiger charge is 2.10. The lowest BCUT2D eigenvalue weighted by atomic mass is 10.2. The normalized spacial score (nSPS) is 22.1. The van der Waals surface area contributed by atoms with Gasteiger partial charge in [0.1, 0.15) is 0 Å². The molecule has 0 N–H and O–H groups in total. The summed E-state index contributed by atoms with van der Waals surface area (Å²) in [6.07, 6.45) is 9.81. The summed E-state index contributed by atoms with van der Waals surface area (Å²) < 4.78 is 0. The van der Waals surface area contributed by atoms with Crippen molar-refractivity contribution in [3.63, 3.8) is 0 Å². The van der Waals surface area contributed by atoms with Crippen LogP contribution in [0.3, 0.4) is 0 Å². The molecular formula is C12H13PS. The van der Waals surface area contributed by atoms with Crippen molar-refractivity contribution >= 4 is 23.8 Å². The first kappa shape index (κ1) is 9.89. The van der Waals surface area contributed by atoms with Crippen molar-refractivity contribution in [1.82, 2.24) is 0 Å². The Morgan fingerprint density at radius 3 is 2.57 bits per heavy atom. The van der Waals surface area contributed by atoms with E-state index >= 15 is 0 Å². The lowest BCUT2D eigenvalue weighted by Crippen LogP contribution is -2.06. The van der Waals surface area contributed by atoms with E-state index in [4.69, 9.17) is 11.8 Å². The van der Waals surface area contributed by atoms with E-state index in [1.807, 2.05) is 6.07 Å². The molecule has 0 radical (unpaired) electrons. The van der Waals surface area contributed by atoms with Crippen LogP contribution in [0.25, 0.3) is 0 Å². The van der Waals surface area contributed by atoms with Crippen LogP contribution in [0.1, 0.15) is 6.42 Å². The predicted octanol–water partition coefficient (Wildman–Crippen LogP) is 2.87. The van der Waals surface area contributed by atoms with Gasteiger partial charge in [-0.15, -0.1) is 0 Å². The quantitative estimate of drug-likeness (QED) is 0.691. The molecule has 72 valence electrons. The SMILES string of the molecule is S=[PH](c1ccccc1)C1C=CC=CC1. The number of allylic oxidation sites excluding steroid dienone is 4. The third kappa shape index (κ3) is 2.23. The second-order valence-electron chi connectivity index (χ2n) is 3.39. The van der Waals surface area contributed by atoms with Crippen molar-refractivity contribution in [2.75, 3.05) is 0 Å². The summed E-state index contributed by atoms with van der Waals surface area (Å²) in [5.41, 5.74) is 0.586. The highest BCUT2D eigenvalue weighted by molar-refractivity contribution is 8.09. The fourth-order valence-electron chi connectivity index (χ4n) is 1.59. The minimum Gasteiger partial charge on any atom is -0.0954 e. The third-order valence-corrected chi connectivity index (χ3v) is 6.00. The summed E-state index contributed by atoms with van der Waals surface area (Å²) in [4.78, 5) is 0. The van der Waals surface area contributed by atoms with Crippen molar-refractivity contribution in [2.24, 2.45) is 0 Å². The highest BCUT2D eigenvalue weighted by atomic mass is 32.4. The number of hydrogen-bond acceptors (Lipinski definition) is 1. The molecule has 2 heteroatoms. The van der Waals surface area contributed by atoms with Gasteiger partial charge in [0.15, 0.2) is 0 Å². The Hall–Kier alpha value is -0.650. The fourth-order valence-corrected chi connectivity index (χ4v) is 4.11. The van der Waals surface area contributed by atoms with Crippen LogP contribution < -0.4 is 5.30 Å². The average molecular weight is 220 g/mol. The molecule has 0 fully saturated rings. The molecule has 1 aliphatic rings. The van der Waals surface area contributed by atoms with Gasteiger partial charge in [-0.2, -0.15) is 0 Å². The molecule has 0 aliphatic heterocycles. The molecule has 2 atom stereocenters. The number of hydrogen-bond donors (Lipinski definition) is 0. The van der Waals surface area contributed by atoms with Crippen molar-refractivity contribution < 1.29 is 0 Å². The molecule has 2 rings (SSSR count). The first-order chi connectivity index (χ1) is 6.88. The van der Waals surface area contributed by atoms with Gasteiger partial charge in [0.05, 0.1) is 0 Å². The number of rotatable bonds is 2. The topological polar surface area (TPSA) is 0 Å². The van der Waals surface area contributed by atoms with Gasteiger partial charge in [-0.1, -0.05) is 66.4 Å². The molecule has 2 unspecified atom stereocenters. The summed E-state index contributed by atoms with van der Waals surface area (Å²) >= 11 is 5.64. The first-order valence-corrected chi connectivity index (χ1v) is 7.51. The molecule has 0 nitrogen and oxygen atoms in total. The summed E-state index contributed by atoms with van der Waals surface area (Å²) in [7, 11) is 0. The Morgan fingerprint density at radius 1 is 1.14 bits per heavy atom. The molecule has 0 heterocycles. The molecule has 1 aromatic carbocycles. The largest absolute Gasteiger partial charge is 0.0954 e. The molecule has 1 aromatic rings. The molecule has 0 saturated heterocycles. The molecule has 0 saturated carbocycles. The van der Waals surface area contributed by atoms with Crippen molar-refractivity contribution in [2.45, 2.75) is 12.1 Å². The van der Waals surface area contributed by atoms with Crippen LogP contribution in [0.2, 0.25) is 0 Å². The van der Waals surface area contributed by atoms with E-state index < -0.39 is 6.70 Å². The van der Waals surface area contributed by atoms with Gasteiger partial charge in [-0.3, -0.25) is 0 Å². The summed E-state index contributed by atoms with van der Waals surface area (Å²) in [5, 5.41) is 1.36. The molecule has 0 aromatic heterocycles. The van der Waals surface area contributed by atoms with Crippen LogP contribution in [0.5, 0.6) is 0 Å². The van der Waals surface area contributed by atoms with Gasteiger partial charge in [-0.05, 0) is 18.4 Å². The Kier molecular flexibility index (Phi) is 3.34. The highest BCUT2D eigenvalue weighted by Crippen LogP contribution is 2.32. The molecule has 0 spiro atoms. The zero-order valence-corrected chi connectivity index (χ0v) is 9.71. The molecular weight excluding hydrogens is 207 g/mol. The van der Waals surface area contributed by atoms with E-state index in [0.717, 1.165) is 6.42 Å². The van der Waals surface area contributed by atoms with Crippen molar-refractivity contribution in [3.05, 3.63) is 54.6 Å². The van der Waals surface area contributed by atoms with Crippen LogP contribution in [0.4, 0.5) is 0 Å². The van der Waals surface area contributed by atoms with Crippen LogP contribution in [-0.4, -0.2) is 5.66 Å². The van der Waals surface area contributed by atoms with Crippen LogP contribution in [0.15, 0.2) is 54.6 Å². The summed E-state index contributed by atoms with van der Waals surface area (Å²) in [5.74, 6) is 0. The maximum atomic E-state index is 5.64. The van der Waals surface area contributed by atoms with E-state index in [0.29, 0.717) is 5.66 Å². The molecule has 1 aliphatic carbocycles. The third-order valence-electron chi connectivity index (χ3n) is 2.38. The van der Waals surface area contributed by atoms with Gasteiger partial charge < -0.3 is 0 Å². The minimum atomic E-state index is -0.823. The lowest BCUT2D eigenvalue weighted by Gasteiger charge is -2.15. The monoisotopic (exact) mass is 220 g/mol. The maximum Gasteiger partial charge on any atom is 0.0111 e. The Morgan fingerprint density at radius 2 is 1.93 bits per heavy atom. The average Bonchev–Trinajstić information content (AvgIpc) is 2.30. The van der Waals surface area contributed by atoms with E-state index in [1.54, 1.807) is 0 Å². The van der Waals surface area contributed by atoms with Gasteiger partial charge >= 0.3 is 0 Å².